The third kappa shape index (κ3) is 3.83. The van der Waals surface area contributed by atoms with Gasteiger partial charge in [-0.1, -0.05) is 12.1 Å². The first-order valence-corrected chi connectivity index (χ1v) is 8.85. The number of pyridine rings is 1. The summed E-state index contributed by atoms with van der Waals surface area (Å²) in [6.07, 6.45) is 8.75. The Bertz CT molecular complexity index is 1090. The molecule has 0 aliphatic heterocycles. The van der Waals surface area contributed by atoms with Crippen molar-refractivity contribution >= 4 is 16.9 Å². The van der Waals surface area contributed by atoms with Crippen LogP contribution in [0.25, 0.3) is 22.2 Å². The molecule has 0 fully saturated rings. The van der Waals surface area contributed by atoms with Crippen molar-refractivity contribution in [3.63, 3.8) is 0 Å². The molecule has 3 aromatic heterocycles. The maximum atomic E-state index is 12.3. The highest BCUT2D eigenvalue weighted by atomic mass is 16.5. The van der Waals surface area contributed by atoms with Crippen LogP contribution in [0.4, 0.5) is 0 Å². The van der Waals surface area contributed by atoms with E-state index in [9.17, 15) is 4.79 Å². The van der Waals surface area contributed by atoms with Gasteiger partial charge in [-0.05, 0) is 29.3 Å². The summed E-state index contributed by atoms with van der Waals surface area (Å²) in [6.45, 7) is 0.352. The zero-order valence-corrected chi connectivity index (χ0v) is 15.3. The van der Waals surface area contributed by atoms with Crippen LogP contribution in [0.5, 0.6) is 5.75 Å². The topological polar surface area (TPSA) is 92.8 Å². The number of nitrogens with one attached hydrogen (secondary N) is 2. The Hall–Kier alpha value is -3.74. The molecule has 4 rings (SSSR count). The number of hydrogen-bond acceptors (Lipinski definition) is 5. The van der Waals surface area contributed by atoms with E-state index in [2.05, 4.69) is 25.3 Å². The van der Waals surface area contributed by atoms with Gasteiger partial charge in [0.15, 0.2) is 0 Å². The molecule has 0 saturated heterocycles. The highest BCUT2D eigenvalue weighted by Crippen LogP contribution is 2.26. The van der Waals surface area contributed by atoms with Crippen molar-refractivity contribution in [2.75, 3.05) is 7.11 Å². The van der Waals surface area contributed by atoms with Crippen molar-refractivity contribution in [3.05, 3.63) is 72.6 Å². The van der Waals surface area contributed by atoms with E-state index in [0.29, 0.717) is 6.54 Å². The monoisotopic (exact) mass is 373 g/mol. The molecule has 0 aliphatic carbocycles. The van der Waals surface area contributed by atoms with Crippen LogP contribution in [0.15, 0.2) is 61.3 Å². The highest BCUT2D eigenvalue weighted by molar-refractivity contribution is 5.89. The Morgan fingerprint density at radius 1 is 1.11 bits per heavy atom. The molecule has 0 spiro atoms. The third-order valence-corrected chi connectivity index (χ3v) is 4.47. The fourth-order valence-electron chi connectivity index (χ4n) is 2.99. The molecule has 2 N–H and O–H groups in total. The van der Waals surface area contributed by atoms with Gasteiger partial charge in [0.25, 0.3) is 0 Å². The number of nitrogens with zero attached hydrogens (tertiary/aromatic N) is 3. The minimum absolute atomic E-state index is 0.0820. The first-order chi connectivity index (χ1) is 13.7. The number of carbonyl (C=O) groups excluding carboxylic acids is 1. The van der Waals surface area contributed by atoms with Crippen LogP contribution in [0.2, 0.25) is 0 Å². The van der Waals surface area contributed by atoms with Gasteiger partial charge in [0, 0.05) is 35.7 Å². The Kier molecular flexibility index (Phi) is 4.97. The fraction of sp³-hybridized carbons (Fsp3) is 0.143. The largest absolute Gasteiger partial charge is 0.497 e. The number of aromatic amines is 1. The van der Waals surface area contributed by atoms with Gasteiger partial charge in [-0.3, -0.25) is 14.8 Å². The second kappa shape index (κ2) is 7.87. The molecule has 0 bridgehead atoms. The minimum atomic E-state index is -0.0820. The number of hydrogen-bond donors (Lipinski definition) is 2. The molecular formula is C21H19N5O2. The van der Waals surface area contributed by atoms with Crippen molar-refractivity contribution < 1.29 is 9.53 Å². The molecule has 7 nitrogen and oxygen atoms in total. The molecule has 7 heteroatoms. The molecule has 0 aliphatic rings. The number of fused-ring (bicyclic) bond motifs is 1. The van der Waals surface area contributed by atoms with E-state index in [-0.39, 0.29) is 12.3 Å². The number of H-pyrrole nitrogens is 1. The highest BCUT2D eigenvalue weighted by Gasteiger charge is 2.11. The Morgan fingerprint density at radius 2 is 1.96 bits per heavy atom. The first kappa shape index (κ1) is 17.7. The summed E-state index contributed by atoms with van der Waals surface area (Å²) in [4.78, 5) is 28.1. The lowest BCUT2D eigenvalue weighted by molar-refractivity contribution is -0.120. The maximum absolute atomic E-state index is 12.3. The number of aromatic nitrogens is 4. The zero-order chi connectivity index (χ0) is 19.3. The Balaban J connectivity index is 1.51. The van der Waals surface area contributed by atoms with Crippen LogP contribution >= 0.6 is 0 Å². The molecule has 4 aromatic rings. The molecule has 140 valence electrons. The lowest BCUT2D eigenvalue weighted by atomic mass is 10.0. The fourth-order valence-corrected chi connectivity index (χ4v) is 2.99. The van der Waals surface area contributed by atoms with E-state index < -0.39 is 0 Å². The number of rotatable bonds is 6. The van der Waals surface area contributed by atoms with E-state index in [1.54, 1.807) is 25.7 Å². The molecule has 0 radical (unpaired) electrons. The van der Waals surface area contributed by atoms with E-state index in [1.165, 1.54) is 0 Å². The molecular weight excluding hydrogens is 354 g/mol. The lowest BCUT2D eigenvalue weighted by Crippen LogP contribution is -2.24. The van der Waals surface area contributed by atoms with Crippen molar-refractivity contribution in [2.24, 2.45) is 0 Å². The normalized spacial score (nSPS) is 10.8. The average Bonchev–Trinajstić information content (AvgIpc) is 3.15. The van der Waals surface area contributed by atoms with Gasteiger partial charge in [-0.15, -0.1) is 0 Å². The summed E-state index contributed by atoms with van der Waals surface area (Å²) in [6, 6.07) is 9.85. The summed E-state index contributed by atoms with van der Waals surface area (Å²) < 4.78 is 5.21. The average molecular weight is 373 g/mol. The predicted octanol–water partition coefficient (Wildman–Crippen LogP) is 2.89. The second-order valence-corrected chi connectivity index (χ2v) is 6.31. The zero-order valence-electron chi connectivity index (χ0n) is 15.3. The maximum Gasteiger partial charge on any atom is 0.224 e. The summed E-state index contributed by atoms with van der Waals surface area (Å²) in [7, 11) is 1.64. The molecule has 0 unspecified atom stereocenters. The molecule has 1 amide bonds. The Morgan fingerprint density at radius 3 is 2.71 bits per heavy atom. The SMILES string of the molecule is COc1ccc(-c2cnc3[nH]cc(CC(=O)NCc4cnccn4)c3c2)cc1. The van der Waals surface area contributed by atoms with Crippen molar-refractivity contribution in [1.29, 1.82) is 0 Å². The van der Waals surface area contributed by atoms with Crippen LogP contribution in [0.1, 0.15) is 11.3 Å². The van der Waals surface area contributed by atoms with Gasteiger partial charge in [0.05, 0.1) is 32.0 Å². The van der Waals surface area contributed by atoms with Crippen LogP contribution in [-0.4, -0.2) is 33.0 Å². The van der Waals surface area contributed by atoms with Crippen molar-refractivity contribution in [3.8, 4) is 16.9 Å². The minimum Gasteiger partial charge on any atom is -0.497 e. The predicted molar refractivity (Wildman–Crippen MR) is 106 cm³/mol. The van der Waals surface area contributed by atoms with Crippen molar-refractivity contribution in [2.45, 2.75) is 13.0 Å². The van der Waals surface area contributed by atoms with Gasteiger partial charge in [0.1, 0.15) is 11.4 Å². The first-order valence-electron chi connectivity index (χ1n) is 8.85. The standard InChI is InChI=1S/C21H19N5O2/c1-28-18-4-2-14(3-5-18)15-8-19-16(11-26-21(19)25-10-15)9-20(27)24-13-17-12-22-6-7-23-17/h2-8,10-12H,9,13H2,1H3,(H,24,27)(H,25,26). The summed E-state index contributed by atoms with van der Waals surface area (Å²) in [5, 5.41) is 3.80. The molecule has 3 heterocycles. The van der Waals surface area contributed by atoms with E-state index >= 15 is 0 Å². The molecule has 0 atom stereocenters. The van der Waals surface area contributed by atoms with Gasteiger partial charge in [-0.25, -0.2) is 4.98 Å². The van der Waals surface area contributed by atoms with Crippen molar-refractivity contribution in [1.82, 2.24) is 25.3 Å². The number of carbonyl (C=O) groups is 1. The lowest BCUT2D eigenvalue weighted by Gasteiger charge is -2.06. The number of ether oxygens (including phenoxy) is 1. The summed E-state index contributed by atoms with van der Waals surface area (Å²) in [5.74, 6) is 0.723. The smallest absolute Gasteiger partial charge is 0.224 e. The van der Waals surface area contributed by atoms with Crippen LogP contribution in [-0.2, 0) is 17.8 Å². The summed E-state index contributed by atoms with van der Waals surface area (Å²) in [5.41, 5.74) is 4.40. The van der Waals surface area contributed by atoms with Crippen LogP contribution in [0, 0.1) is 0 Å². The van der Waals surface area contributed by atoms with E-state index in [0.717, 1.165) is 39.2 Å². The van der Waals surface area contributed by atoms with E-state index in [4.69, 9.17) is 4.74 Å². The molecule has 0 saturated carbocycles. The van der Waals surface area contributed by atoms with Crippen LogP contribution in [0.3, 0.4) is 0 Å². The number of benzene rings is 1. The molecule has 28 heavy (non-hydrogen) atoms. The van der Waals surface area contributed by atoms with Crippen LogP contribution < -0.4 is 10.1 Å². The van der Waals surface area contributed by atoms with E-state index in [1.807, 2.05) is 42.7 Å². The van der Waals surface area contributed by atoms with Gasteiger partial charge >= 0.3 is 0 Å². The third-order valence-electron chi connectivity index (χ3n) is 4.47. The summed E-state index contributed by atoms with van der Waals surface area (Å²) >= 11 is 0. The van der Waals surface area contributed by atoms with Gasteiger partial charge < -0.3 is 15.0 Å². The quantitative estimate of drug-likeness (QED) is 0.542. The van der Waals surface area contributed by atoms with Gasteiger partial charge in [0.2, 0.25) is 5.91 Å². The number of amides is 1. The molecule has 1 aromatic carbocycles. The number of methoxy groups -OCH3 is 1. The van der Waals surface area contributed by atoms with Gasteiger partial charge in [-0.2, -0.15) is 0 Å². The second-order valence-electron chi connectivity index (χ2n) is 6.31. The Labute approximate surface area is 161 Å².